The van der Waals surface area contributed by atoms with Gasteiger partial charge in [0.25, 0.3) is 5.56 Å². The van der Waals surface area contributed by atoms with Crippen molar-refractivity contribution in [3.05, 3.63) is 93.3 Å². The van der Waals surface area contributed by atoms with Crippen molar-refractivity contribution in [1.82, 2.24) is 31.1 Å². The first-order valence-electron chi connectivity index (χ1n) is 15.1. The van der Waals surface area contributed by atoms with E-state index in [2.05, 4.69) is 31.3 Å². The van der Waals surface area contributed by atoms with Crippen LogP contribution in [0.2, 0.25) is 5.02 Å². The molecule has 5 rings (SSSR count). The maximum Gasteiger partial charge on any atom is 0.433 e. The summed E-state index contributed by atoms with van der Waals surface area (Å²) in [4.78, 5) is 42.9. The summed E-state index contributed by atoms with van der Waals surface area (Å²) >= 11 is 6.26. The maximum atomic E-state index is 13.7. The lowest BCUT2D eigenvalue weighted by molar-refractivity contribution is -0.125. The first-order chi connectivity index (χ1) is 22.4. The van der Waals surface area contributed by atoms with E-state index in [-0.39, 0.29) is 29.1 Å². The Hall–Kier alpha value is -4.56. The molecule has 2 aliphatic heterocycles. The van der Waals surface area contributed by atoms with Crippen LogP contribution in [0.1, 0.15) is 49.8 Å². The van der Waals surface area contributed by atoms with E-state index in [0.29, 0.717) is 54.9 Å². The van der Waals surface area contributed by atoms with Crippen LogP contribution in [0.3, 0.4) is 0 Å². The van der Waals surface area contributed by atoms with Crippen LogP contribution >= 0.6 is 11.6 Å². The second-order valence-corrected chi connectivity index (χ2v) is 12.0. The number of nitrogens with zero attached hydrogens (tertiary/aromatic N) is 3. The topological polar surface area (TPSA) is 130 Å². The van der Waals surface area contributed by atoms with Crippen molar-refractivity contribution in [2.24, 2.45) is 5.92 Å². The SMILES string of the molecule is COC(=O)NCC[C@@H]1Cc2cccc(c2)[C@@H](n2cnc(-c3cc(Cl)ccc3N3C=C(C(F)(F)F)NN3)cc2=O)CCC[C@@H](C)C(=O)N1. The number of hydrazine groups is 2. The maximum absolute atomic E-state index is 13.7. The van der Waals surface area contributed by atoms with Crippen molar-refractivity contribution in [3.8, 4) is 11.3 Å². The smallest absolute Gasteiger partial charge is 0.433 e. The highest BCUT2D eigenvalue weighted by Gasteiger charge is 2.38. The number of halogens is 4. The van der Waals surface area contributed by atoms with Crippen molar-refractivity contribution < 1.29 is 27.5 Å². The fourth-order valence-corrected chi connectivity index (χ4v) is 5.89. The highest BCUT2D eigenvalue weighted by atomic mass is 35.5. The molecule has 15 heteroatoms. The number of hydrogen-bond donors (Lipinski definition) is 4. The number of nitrogens with one attached hydrogen (secondary N) is 4. The number of fused-ring (bicyclic) bond motifs is 2. The molecule has 0 radical (unpaired) electrons. The van der Waals surface area contributed by atoms with Gasteiger partial charge in [0.15, 0.2) is 5.70 Å². The van der Waals surface area contributed by atoms with Gasteiger partial charge in [-0.1, -0.05) is 49.2 Å². The summed E-state index contributed by atoms with van der Waals surface area (Å²) in [5.74, 6) is -0.356. The molecular weight excluding hydrogens is 639 g/mol. The normalized spacial score (nSPS) is 20.3. The number of hydrogen-bond acceptors (Lipinski definition) is 8. The van der Waals surface area contributed by atoms with Crippen LogP contribution in [0.4, 0.5) is 23.7 Å². The minimum absolute atomic E-state index is 0.0817. The number of carbonyl (C=O) groups is 2. The van der Waals surface area contributed by atoms with E-state index in [1.54, 1.807) is 4.57 Å². The van der Waals surface area contributed by atoms with Crippen LogP contribution in [0, 0.1) is 5.92 Å². The number of anilines is 1. The van der Waals surface area contributed by atoms with Crippen molar-refractivity contribution in [3.63, 3.8) is 0 Å². The van der Waals surface area contributed by atoms with Crippen LogP contribution in [0.15, 0.2) is 71.5 Å². The van der Waals surface area contributed by atoms with E-state index in [9.17, 15) is 27.6 Å². The lowest BCUT2D eigenvalue weighted by Gasteiger charge is -2.26. The summed E-state index contributed by atoms with van der Waals surface area (Å²) in [7, 11) is 1.29. The van der Waals surface area contributed by atoms with E-state index in [1.807, 2.05) is 31.2 Å². The number of ether oxygens (including phenoxy) is 1. The van der Waals surface area contributed by atoms with Gasteiger partial charge in [0, 0.05) is 35.2 Å². The molecule has 3 aromatic rings. The van der Waals surface area contributed by atoms with Gasteiger partial charge in [0.1, 0.15) is 0 Å². The Labute approximate surface area is 274 Å². The molecule has 4 N–H and O–H groups in total. The van der Waals surface area contributed by atoms with Crippen LogP contribution in [0.5, 0.6) is 0 Å². The molecule has 0 saturated heterocycles. The lowest BCUT2D eigenvalue weighted by atomic mass is 9.92. The number of carbonyl (C=O) groups excluding carboxylic acids is 2. The van der Waals surface area contributed by atoms with Crippen LogP contribution in [-0.2, 0) is 16.0 Å². The molecule has 0 fully saturated rings. The first kappa shape index (κ1) is 33.8. The molecule has 2 amide bonds. The monoisotopic (exact) mass is 673 g/mol. The molecule has 0 aliphatic carbocycles. The number of allylic oxidation sites excluding steroid dienone is 1. The predicted octanol–water partition coefficient (Wildman–Crippen LogP) is 4.98. The van der Waals surface area contributed by atoms with E-state index in [0.717, 1.165) is 22.3 Å². The summed E-state index contributed by atoms with van der Waals surface area (Å²) in [5, 5.41) is 7.24. The molecule has 0 unspecified atom stereocenters. The van der Waals surface area contributed by atoms with Gasteiger partial charge >= 0.3 is 12.3 Å². The highest BCUT2D eigenvalue weighted by Crippen LogP contribution is 2.35. The van der Waals surface area contributed by atoms with Crippen LogP contribution < -0.4 is 32.2 Å². The molecule has 250 valence electrons. The third-order valence-corrected chi connectivity index (χ3v) is 8.45. The third kappa shape index (κ3) is 8.24. The number of methoxy groups -OCH3 is 1. The lowest BCUT2D eigenvalue weighted by Crippen LogP contribution is -2.42. The molecule has 3 heterocycles. The van der Waals surface area contributed by atoms with Crippen molar-refractivity contribution in [2.45, 2.75) is 57.3 Å². The second-order valence-electron chi connectivity index (χ2n) is 11.5. The van der Waals surface area contributed by atoms with Gasteiger partial charge in [-0.15, -0.1) is 5.53 Å². The third-order valence-electron chi connectivity index (χ3n) is 8.21. The number of rotatable bonds is 6. The van der Waals surface area contributed by atoms with Gasteiger partial charge < -0.3 is 15.4 Å². The summed E-state index contributed by atoms with van der Waals surface area (Å²) in [6.45, 7) is 2.18. The van der Waals surface area contributed by atoms with E-state index in [1.165, 1.54) is 37.7 Å². The number of benzene rings is 2. The Morgan fingerprint density at radius 3 is 2.68 bits per heavy atom. The predicted molar refractivity (Wildman–Crippen MR) is 170 cm³/mol. The van der Waals surface area contributed by atoms with Gasteiger partial charge in [-0.2, -0.15) is 13.2 Å². The van der Waals surface area contributed by atoms with E-state index < -0.39 is 24.0 Å². The molecule has 2 aliphatic rings. The molecular formula is C32H35ClF3N7O4. The zero-order valence-electron chi connectivity index (χ0n) is 25.7. The first-order valence-corrected chi connectivity index (χ1v) is 15.5. The quantitative estimate of drug-likeness (QED) is 0.289. The molecule has 2 aromatic carbocycles. The molecule has 0 saturated carbocycles. The number of alkyl halides is 3. The van der Waals surface area contributed by atoms with Crippen molar-refractivity contribution in [2.75, 3.05) is 18.7 Å². The molecule has 2 bridgehead atoms. The van der Waals surface area contributed by atoms with Gasteiger partial charge in [0.05, 0.1) is 37.1 Å². The molecule has 11 nitrogen and oxygen atoms in total. The molecule has 0 spiro atoms. The zero-order chi connectivity index (χ0) is 33.7. The Morgan fingerprint density at radius 2 is 1.96 bits per heavy atom. The van der Waals surface area contributed by atoms with Crippen molar-refractivity contribution in [1.29, 1.82) is 0 Å². The Morgan fingerprint density at radius 1 is 1.15 bits per heavy atom. The second kappa shape index (κ2) is 14.5. The van der Waals surface area contributed by atoms with Gasteiger partial charge in [-0.25, -0.2) is 9.78 Å². The summed E-state index contributed by atoms with van der Waals surface area (Å²) < 4.78 is 46.0. The summed E-state index contributed by atoms with van der Waals surface area (Å²) in [6, 6.07) is 13.1. The van der Waals surface area contributed by atoms with Gasteiger partial charge in [0.2, 0.25) is 5.91 Å². The Bertz CT molecular complexity index is 1710. The minimum atomic E-state index is -4.60. The van der Waals surface area contributed by atoms with Crippen molar-refractivity contribution >= 4 is 29.3 Å². The standard InChI is InChI=1S/C32H35ClF3N7O4/c1-19-5-3-8-26(21-7-4-6-20(13-21)14-23(39-30(19)45)11-12-37-31(46)47-2)42-18-38-25(16-29(42)44)24-15-22(33)9-10-27(24)43-17-28(40-41-43)32(34,35)36/h4,6-7,9-10,13,15-19,23,26,40-41H,3,5,8,11-12,14H2,1-2H3,(H,37,46)(H,39,45)/t19-,23-,26+/m1/s1. The highest BCUT2D eigenvalue weighted by molar-refractivity contribution is 6.31. The van der Waals surface area contributed by atoms with Gasteiger partial charge in [-0.05, 0) is 55.0 Å². The summed E-state index contributed by atoms with van der Waals surface area (Å²) in [5.41, 5.74) is 5.95. The average molecular weight is 674 g/mol. The Balaban J connectivity index is 1.46. The fourth-order valence-electron chi connectivity index (χ4n) is 5.72. The Kier molecular flexibility index (Phi) is 10.4. The number of alkyl carbamates (subject to hydrolysis) is 1. The largest absolute Gasteiger partial charge is 0.453 e. The van der Waals surface area contributed by atoms with E-state index >= 15 is 0 Å². The van der Waals surface area contributed by atoms with Crippen LogP contribution in [-0.4, -0.2) is 47.4 Å². The number of aromatic nitrogens is 2. The fraction of sp³-hybridized carbons (Fsp3) is 0.375. The summed E-state index contributed by atoms with van der Waals surface area (Å²) in [6.07, 6.45) is -0.0336. The molecule has 47 heavy (non-hydrogen) atoms. The number of amides is 2. The minimum Gasteiger partial charge on any atom is -0.453 e. The molecule has 3 atom stereocenters. The van der Waals surface area contributed by atoms with Crippen LogP contribution in [0.25, 0.3) is 11.3 Å². The molecule has 1 aromatic heterocycles. The average Bonchev–Trinajstić information content (AvgIpc) is 3.54. The van der Waals surface area contributed by atoms with E-state index in [4.69, 9.17) is 11.6 Å². The zero-order valence-corrected chi connectivity index (χ0v) is 26.5. The van der Waals surface area contributed by atoms with Gasteiger partial charge in [-0.3, -0.25) is 24.6 Å².